The van der Waals surface area contributed by atoms with Crippen LogP contribution >= 0.6 is 0 Å². The van der Waals surface area contributed by atoms with Gasteiger partial charge in [0.05, 0.1) is 13.2 Å². The van der Waals surface area contributed by atoms with Gasteiger partial charge >= 0.3 is 0 Å². The van der Waals surface area contributed by atoms with Crippen LogP contribution in [0, 0.1) is 5.92 Å². The molecular formula is C25H38O4. The molecule has 0 fully saturated rings. The van der Waals surface area contributed by atoms with Crippen LogP contribution in [0.3, 0.4) is 0 Å². The molecule has 0 spiro atoms. The zero-order valence-corrected chi connectivity index (χ0v) is 18.6. The van der Waals surface area contributed by atoms with Crippen molar-refractivity contribution in [2.75, 3.05) is 27.1 Å². The maximum Gasteiger partial charge on any atom is 0.189 e. The Kier molecular flexibility index (Phi) is 9.75. The molecule has 2 atom stereocenters. The van der Waals surface area contributed by atoms with E-state index >= 15 is 0 Å². The first-order valence-corrected chi connectivity index (χ1v) is 10.9. The summed E-state index contributed by atoms with van der Waals surface area (Å²) in [6.45, 7) is 11.8. The van der Waals surface area contributed by atoms with Gasteiger partial charge in [0, 0.05) is 18.6 Å². The van der Waals surface area contributed by atoms with Crippen LogP contribution in [0.2, 0.25) is 0 Å². The summed E-state index contributed by atoms with van der Waals surface area (Å²) in [5, 5.41) is 11.0. The van der Waals surface area contributed by atoms with E-state index in [1.165, 1.54) is 18.4 Å². The number of allylic oxidation sites excluding steroid dienone is 3. The maximum absolute atomic E-state index is 11.0. The molecule has 0 aromatic heterocycles. The fourth-order valence-electron chi connectivity index (χ4n) is 4.06. The molecule has 1 aromatic rings. The number of aryl methyl sites for hydroxylation is 1. The lowest BCUT2D eigenvalue weighted by Crippen LogP contribution is -2.18. The van der Waals surface area contributed by atoms with Crippen molar-refractivity contribution >= 4 is 0 Å². The standard InChI is InChI=1S/C25H38O4/c1-6-7-8-9-20-15-23(26)25(24(16-20)29-17-28-13-12-27-5)22-14-19(4)10-11-21(22)18(2)3/h14-16,21-22,26H,2,6-13,17H2,1,3-5H3/t21-,22+/m0/s1. The normalized spacial score (nSPS) is 19.1. The number of rotatable bonds is 12. The van der Waals surface area contributed by atoms with Crippen LogP contribution in [0.1, 0.15) is 69.9 Å². The van der Waals surface area contributed by atoms with Crippen LogP contribution in [0.15, 0.2) is 35.9 Å². The van der Waals surface area contributed by atoms with Crippen molar-refractivity contribution in [1.82, 2.24) is 0 Å². The quantitative estimate of drug-likeness (QED) is 0.259. The second-order valence-electron chi connectivity index (χ2n) is 8.18. The number of aromatic hydroxyl groups is 1. The molecule has 0 radical (unpaired) electrons. The molecule has 0 bridgehead atoms. The number of unbranched alkanes of at least 4 members (excludes halogenated alkanes) is 2. The summed E-state index contributed by atoms with van der Waals surface area (Å²) in [5.74, 6) is 1.40. The van der Waals surface area contributed by atoms with Gasteiger partial charge < -0.3 is 19.3 Å². The van der Waals surface area contributed by atoms with Gasteiger partial charge in [0.2, 0.25) is 0 Å². The zero-order chi connectivity index (χ0) is 21.2. The predicted molar refractivity (Wildman–Crippen MR) is 119 cm³/mol. The van der Waals surface area contributed by atoms with Crippen molar-refractivity contribution in [3.8, 4) is 11.5 Å². The number of hydrogen-bond acceptors (Lipinski definition) is 4. The van der Waals surface area contributed by atoms with Crippen molar-refractivity contribution in [2.24, 2.45) is 5.92 Å². The summed E-state index contributed by atoms with van der Waals surface area (Å²) in [4.78, 5) is 0. The van der Waals surface area contributed by atoms with Gasteiger partial charge in [-0.1, -0.05) is 43.6 Å². The molecule has 1 aliphatic rings. The Balaban J connectivity index is 2.34. The van der Waals surface area contributed by atoms with E-state index in [0.717, 1.165) is 48.1 Å². The largest absolute Gasteiger partial charge is 0.507 e. The fourth-order valence-corrected chi connectivity index (χ4v) is 4.06. The summed E-state index contributed by atoms with van der Waals surface area (Å²) in [6.07, 6.45) is 8.79. The Morgan fingerprint density at radius 2 is 2.03 bits per heavy atom. The summed E-state index contributed by atoms with van der Waals surface area (Å²) in [6, 6.07) is 3.99. The number of phenols is 1. The third-order valence-corrected chi connectivity index (χ3v) is 5.69. The lowest BCUT2D eigenvalue weighted by Gasteiger charge is -2.32. The highest BCUT2D eigenvalue weighted by Crippen LogP contribution is 2.47. The van der Waals surface area contributed by atoms with Gasteiger partial charge in [-0.05, 0) is 63.1 Å². The Morgan fingerprint density at radius 3 is 2.72 bits per heavy atom. The average molecular weight is 403 g/mol. The van der Waals surface area contributed by atoms with Crippen molar-refractivity contribution < 1.29 is 19.3 Å². The van der Waals surface area contributed by atoms with E-state index in [2.05, 4.69) is 39.5 Å². The Bertz CT molecular complexity index is 692. The monoisotopic (exact) mass is 402 g/mol. The predicted octanol–water partition coefficient (Wildman–Crippen LogP) is 6.14. The van der Waals surface area contributed by atoms with Gasteiger partial charge in [-0.3, -0.25) is 0 Å². The van der Waals surface area contributed by atoms with E-state index < -0.39 is 0 Å². The number of ether oxygens (including phenoxy) is 3. The van der Waals surface area contributed by atoms with E-state index in [0.29, 0.717) is 24.9 Å². The topological polar surface area (TPSA) is 47.9 Å². The molecule has 1 N–H and O–H groups in total. The summed E-state index contributed by atoms with van der Waals surface area (Å²) < 4.78 is 16.6. The van der Waals surface area contributed by atoms with E-state index in [9.17, 15) is 5.11 Å². The Hall–Kier alpha value is -1.78. The Labute approximate surface area is 176 Å². The second kappa shape index (κ2) is 12.0. The molecule has 0 unspecified atom stereocenters. The molecule has 4 nitrogen and oxygen atoms in total. The first-order chi connectivity index (χ1) is 14.0. The molecule has 1 aromatic carbocycles. The molecule has 0 saturated carbocycles. The molecule has 2 rings (SSSR count). The number of methoxy groups -OCH3 is 1. The van der Waals surface area contributed by atoms with Crippen molar-refractivity contribution in [1.29, 1.82) is 0 Å². The van der Waals surface area contributed by atoms with Crippen LogP contribution in [0.5, 0.6) is 11.5 Å². The SMILES string of the molecule is C=C(C)[C@@H]1CCC(C)=C[C@H]1c1c(O)cc(CCCCC)cc1OCOCCOC. The van der Waals surface area contributed by atoms with Crippen molar-refractivity contribution in [3.63, 3.8) is 0 Å². The summed E-state index contributed by atoms with van der Waals surface area (Å²) >= 11 is 0. The van der Waals surface area contributed by atoms with Crippen LogP contribution in [-0.2, 0) is 15.9 Å². The number of hydrogen-bond donors (Lipinski definition) is 1. The first kappa shape index (κ1) is 23.5. The summed E-state index contributed by atoms with van der Waals surface area (Å²) in [7, 11) is 1.65. The minimum Gasteiger partial charge on any atom is -0.507 e. The van der Waals surface area contributed by atoms with E-state index in [-0.39, 0.29) is 12.7 Å². The number of benzene rings is 1. The van der Waals surface area contributed by atoms with Gasteiger partial charge in [-0.15, -0.1) is 0 Å². The van der Waals surface area contributed by atoms with Gasteiger partial charge in [0.25, 0.3) is 0 Å². The third kappa shape index (κ3) is 6.90. The van der Waals surface area contributed by atoms with E-state index in [4.69, 9.17) is 14.2 Å². The van der Waals surface area contributed by atoms with Crippen molar-refractivity contribution in [2.45, 2.75) is 65.2 Å². The highest BCUT2D eigenvalue weighted by molar-refractivity contribution is 5.52. The number of phenolic OH excluding ortho intramolecular Hbond substituents is 1. The van der Waals surface area contributed by atoms with Crippen molar-refractivity contribution in [3.05, 3.63) is 47.1 Å². The van der Waals surface area contributed by atoms with Gasteiger partial charge in [-0.2, -0.15) is 0 Å². The van der Waals surface area contributed by atoms with Crippen LogP contribution < -0.4 is 4.74 Å². The molecule has 0 saturated heterocycles. The third-order valence-electron chi connectivity index (χ3n) is 5.69. The smallest absolute Gasteiger partial charge is 0.189 e. The molecular weight excluding hydrogens is 364 g/mol. The van der Waals surface area contributed by atoms with Gasteiger partial charge in [-0.25, -0.2) is 0 Å². The molecule has 162 valence electrons. The van der Waals surface area contributed by atoms with Crippen LogP contribution in [-0.4, -0.2) is 32.2 Å². The minimum absolute atomic E-state index is 0.0694. The van der Waals surface area contributed by atoms with E-state index in [1.54, 1.807) is 7.11 Å². The minimum atomic E-state index is 0.0694. The molecule has 4 heteroatoms. The lowest BCUT2D eigenvalue weighted by molar-refractivity contribution is -0.00913. The zero-order valence-electron chi connectivity index (χ0n) is 18.6. The van der Waals surface area contributed by atoms with Gasteiger partial charge in [0.1, 0.15) is 11.5 Å². The first-order valence-electron chi connectivity index (χ1n) is 10.9. The lowest BCUT2D eigenvalue weighted by atomic mass is 9.73. The highest BCUT2D eigenvalue weighted by Gasteiger charge is 2.30. The molecule has 0 aliphatic heterocycles. The maximum atomic E-state index is 11.0. The highest BCUT2D eigenvalue weighted by atomic mass is 16.7. The molecule has 29 heavy (non-hydrogen) atoms. The van der Waals surface area contributed by atoms with E-state index in [1.807, 2.05) is 6.07 Å². The second-order valence-corrected chi connectivity index (χ2v) is 8.18. The molecule has 0 heterocycles. The average Bonchev–Trinajstić information content (AvgIpc) is 2.67. The van der Waals surface area contributed by atoms with Gasteiger partial charge in [0.15, 0.2) is 6.79 Å². The Morgan fingerprint density at radius 1 is 1.24 bits per heavy atom. The fraction of sp³-hybridized carbons (Fsp3) is 0.600. The molecule has 1 aliphatic carbocycles. The summed E-state index contributed by atoms with van der Waals surface area (Å²) in [5.41, 5.74) is 4.45. The van der Waals surface area contributed by atoms with Crippen LogP contribution in [0.25, 0.3) is 0 Å². The molecule has 0 amide bonds. The van der Waals surface area contributed by atoms with Crippen LogP contribution in [0.4, 0.5) is 0 Å².